The van der Waals surface area contributed by atoms with E-state index < -0.39 is 0 Å². The van der Waals surface area contributed by atoms with Crippen molar-refractivity contribution in [3.05, 3.63) is 11.6 Å². The van der Waals surface area contributed by atoms with E-state index in [9.17, 15) is 0 Å². The molecule has 20 heavy (non-hydrogen) atoms. The molecular weight excluding hydrogens is 268 g/mol. The van der Waals surface area contributed by atoms with Gasteiger partial charge in [0.1, 0.15) is 11.6 Å². The molecular formula is C15H24N4S. The van der Waals surface area contributed by atoms with Crippen molar-refractivity contribution in [2.75, 3.05) is 11.5 Å². The van der Waals surface area contributed by atoms with Crippen LogP contribution in [0.25, 0.3) is 0 Å². The van der Waals surface area contributed by atoms with Crippen LogP contribution in [0, 0.1) is 0 Å². The van der Waals surface area contributed by atoms with Crippen LogP contribution in [-0.4, -0.2) is 20.7 Å². The molecule has 0 bridgehead atoms. The predicted molar refractivity (Wildman–Crippen MR) is 83.7 cm³/mol. The fourth-order valence-electron chi connectivity index (χ4n) is 3.24. The first kappa shape index (κ1) is 14.1. The van der Waals surface area contributed by atoms with Gasteiger partial charge in [0.15, 0.2) is 0 Å². The van der Waals surface area contributed by atoms with E-state index in [1.54, 1.807) is 0 Å². The highest BCUT2D eigenvalue weighted by molar-refractivity contribution is 7.99. The number of anilines is 1. The lowest BCUT2D eigenvalue weighted by Gasteiger charge is -2.21. The summed E-state index contributed by atoms with van der Waals surface area (Å²) < 4.78 is 0. The third-order valence-electron chi connectivity index (χ3n) is 4.38. The first-order valence-electron chi connectivity index (χ1n) is 7.96. The van der Waals surface area contributed by atoms with Crippen LogP contribution < -0.4 is 5.73 Å². The lowest BCUT2D eigenvalue weighted by molar-refractivity contribution is 0.550. The lowest BCUT2D eigenvalue weighted by Crippen LogP contribution is -2.14. The van der Waals surface area contributed by atoms with Gasteiger partial charge in [0, 0.05) is 5.92 Å². The third-order valence-corrected chi connectivity index (χ3v) is 5.75. The summed E-state index contributed by atoms with van der Waals surface area (Å²) >= 11 is 1.98. The Hall–Kier alpha value is -0.840. The zero-order valence-corrected chi connectivity index (χ0v) is 12.9. The Morgan fingerprint density at radius 1 is 0.800 bits per heavy atom. The average Bonchev–Trinajstić information content (AvgIpc) is 2.77. The molecule has 2 fully saturated rings. The van der Waals surface area contributed by atoms with E-state index >= 15 is 0 Å². The number of hydrogen-bond donors (Lipinski definition) is 1. The van der Waals surface area contributed by atoms with Crippen molar-refractivity contribution in [2.45, 2.75) is 69.0 Å². The fraction of sp³-hybridized carbons (Fsp3) is 0.800. The molecule has 5 heteroatoms. The summed E-state index contributed by atoms with van der Waals surface area (Å²) in [5.74, 6) is 4.02. The quantitative estimate of drug-likeness (QED) is 0.839. The normalized spacial score (nSPS) is 25.3. The van der Waals surface area contributed by atoms with Crippen LogP contribution in [-0.2, 0) is 0 Å². The molecule has 2 heterocycles. The number of aromatic nitrogens is 3. The minimum atomic E-state index is 0.417. The molecule has 1 atom stereocenters. The molecule has 1 aromatic rings. The highest BCUT2D eigenvalue weighted by Gasteiger charge is 2.23. The Labute approximate surface area is 125 Å². The second kappa shape index (κ2) is 6.74. The van der Waals surface area contributed by atoms with Gasteiger partial charge in [-0.1, -0.05) is 32.1 Å². The number of hydrogen-bond acceptors (Lipinski definition) is 5. The molecule has 1 saturated heterocycles. The topological polar surface area (TPSA) is 64.7 Å². The maximum atomic E-state index is 5.94. The molecule has 110 valence electrons. The standard InChI is InChI=1S/C15H24N4S/c16-15-18-13(11-7-3-1-2-4-8-11)17-14(19-15)12-9-5-6-10-20-12/h11-12H,1-10H2,(H2,16,17,18,19). The summed E-state index contributed by atoms with van der Waals surface area (Å²) in [7, 11) is 0. The second-order valence-corrected chi connectivity index (χ2v) is 7.26. The van der Waals surface area contributed by atoms with E-state index in [-0.39, 0.29) is 0 Å². The van der Waals surface area contributed by atoms with Crippen LogP contribution in [0.2, 0.25) is 0 Å². The van der Waals surface area contributed by atoms with Gasteiger partial charge in [-0.3, -0.25) is 0 Å². The molecule has 1 aromatic heterocycles. The maximum absolute atomic E-state index is 5.94. The molecule has 2 N–H and O–H groups in total. The van der Waals surface area contributed by atoms with E-state index in [2.05, 4.69) is 9.97 Å². The van der Waals surface area contributed by atoms with Crippen LogP contribution in [0.15, 0.2) is 0 Å². The van der Waals surface area contributed by atoms with E-state index in [0.717, 1.165) is 11.6 Å². The van der Waals surface area contributed by atoms with Crippen molar-refractivity contribution in [3.8, 4) is 0 Å². The zero-order valence-electron chi connectivity index (χ0n) is 12.1. The van der Waals surface area contributed by atoms with Gasteiger partial charge < -0.3 is 5.73 Å². The summed E-state index contributed by atoms with van der Waals surface area (Å²) in [6.07, 6.45) is 11.5. The lowest BCUT2D eigenvalue weighted by atomic mass is 9.99. The van der Waals surface area contributed by atoms with E-state index in [1.165, 1.54) is 63.5 Å². The Bertz CT molecular complexity index is 437. The van der Waals surface area contributed by atoms with E-state index in [0.29, 0.717) is 17.1 Å². The van der Waals surface area contributed by atoms with Gasteiger partial charge in [0.25, 0.3) is 0 Å². The smallest absolute Gasteiger partial charge is 0.223 e. The van der Waals surface area contributed by atoms with Crippen LogP contribution in [0.3, 0.4) is 0 Å². The van der Waals surface area contributed by atoms with E-state index in [1.807, 2.05) is 11.8 Å². The van der Waals surface area contributed by atoms with Gasteiger partial charge in [-0.25, -0.2) is 4.98 Å². The Morgan fingerprint density at radius 2 is 1.50 bits per heavy atom. The molecule has 0 aromatic carbocycles. The molecule has 1 aliphatic heterocycles. The monoisotopic (exact) mass is 292 g/mol. The molecule has 0 amide bonds. The summed E-state index contributed by atoms with van der Waals surface area (Å²) in [6, 6.07) is 0. The number of thioether (sulfide) groups is 1. The highest BCUT2D eigenvalue weighted by Crippen LogP contribution is 2.37. The van der Waals surface area contributed by atoms with Crippen LogP contribution in [0.1, 0.15) is 80.6 Å². The van der Waals surface area contributed by atoms with Crippen molar-refractivity contribution in [3.63, 3.8) is 0 Å². The molecule has 2 aliphatic rings. The summed E-state index contributed by atoms with van der Waals surface area (Å²) in [5, 5.41) is 0.429. The van der Waals surface area contributed by atoms with Crippen molar-refractivity contribution in [2.24, 2.45) is 0 Å². The number of nitrogens with zero attached hydrogens (tertiary/aromatic N) is 3. The predicted octanol–water partition coefficient (Wildman–Crippen LogP) is 3.85. The van der Waals surface area contributed by atoms with Gasteiger partial charge in [0.05, 0.1) is 5.25 Å². The van der Waals surface area contributed by atoms with E-state index in [4.69, 9.17) is 10.7 Å². The van der Waals surface area contributed by atoms with Crippen molar-refractivity contribution in [1.82, 2.24) is 15.0 Å². The van der Waals surface area contributed by atoms with Gasteiger partial charge in [-0.15, -0.1) is 0 Å². The molecule has 4 nitrogen and oxygen atoms in total. The number of rotatable bonds is 2. The second-order valence-electron chi connectivity index (χ2n) is 5.95. The number of nitrogen functional groups attached to an aromatic ring is 1. The van der Waals surface area contributed by atoms with Gasteiger partial charge >= 0.3 is 0 Å². The van der Waals surface area contributed by atoms with Crippen LogP contribution >= 0.6 is 11.8 Å². The highest BCUT2D eigenvalue weighted by atomic mass is 32.2. The van der Waals surface area contributed by atoms with Crippen molar-refractivity contribution < 1.29 is 0 Å². The summed E-state index contributed by atoms with van der Waals surface area (Å²) in [4.78, 5) is 13.7. The third kappa shape index (κ3) is 3.43. The van der Waals surface area contributed by atoms with Crippen molar-refractivity contribution in [1.29, 1.82) is 0 Å². The molecule has 1 aliphatic carbocycles. The first-order valence-corrected chi connectivity index (χ1v) is 9.01. The van der Waals surface area contributed by atoms with Crippen LogP contribution in [0.4, 0.5) is 5.95 Å². The molecule has 1 unspecified atom stereocenters. The van der Waals surface area contributed by atoms with Gasteiger partial charge in [0.2, 0.25) is 5.95 Å². The largest absolute Gasteiger partial charge is 0.368 e. The van der Waals surface area contributed by atoms with Crippen molar-refractivity contribution >= 4 is 17.7 Å². The Kier molecular flexibility index (Phi) is 4.76. The first-order chi connectivity index (χ1) is 9.83. The summed E-state index contributed by atoms with van der Waals surface area (Å²) in [5.41, 5.74) is 5.94. The Morgan fingerprint density at radius 3 is 2.20 bits per heavy atom. The summed E-state index contributed by atoms with van der Waals surface area (Å²) in [6.45, 7) is 0. The minimum absolute atomic E-state index is 0.417. The Balaban J connectivity index is 1.81. The fourth-order valence-corrected chi connectivity index (χ4v) is 4.48. The van der Waals surface area contributed by atoms with Crippen LogP contribution in [0.5, 0.6) is 0 Å². The maximum Gasteiger partial charge on any atom is 0.223 e. The molecule has 1 saturated carbocycles. The average molecular weight is 292 g/mol. The molecule has 3 rings (SSSR count). The molecule has 0 spiro atoms. The number of nitrogens with two attached hydrogens (primary N) is 1. The van der Waals surface area contributed by atoms with Gasteiger partial charge in [-0.2, -0.15) is 21.7 Å². The zero-order chi connectivity index (χ0) is 13.8. The minimum Gasteiger partial charge on any atom is -0.368 e. The SMILES string of the molecule is Nc1nc(C2CCCCCC2)nc(C2CCCCS2)n1. The molecule has 0 radical (unpaired) electrons. The van der Waals surface area contributed by atoms with Gasteiger partial charge in [-0.05, 0) is 31.4 Å².